The largest absolute Gasteiger partial charge is 0.332 e. The van der Waals surface area contributed by atoms with Crippen LogP contribution in [-0.4, -0.2) is 34.3 Å². The minimum Gasteiger partial charge on any atom is -0.332 e. The smallest absolute Gasteiger partial charge is 0.322 e. The molecule has 2 aromatic carbocycles. The molecular formula is C24H22Cl2FN3O2S. The van der Waals surface area contributed by atoms with Crippen molar-refractivity contribution >= 4 is 52.2 Å². The Morgan fingerprint density at radius 2 is 1.79 bits per heavy atom. The monoisotopic (exact) mass is 505 g/mol. The van der Waals surface area contributed by atoms with Crippen LogP contribution in [-0.2, 0) is 17.9 Å². The average Bonchev–Trinajstić information content (AvgIpc) is 3.50. The SMILES string of the molecule is O=C(CN(C(=O)Nc1ccc(Cl)c(Cl)c1)C1CC1)N(Cc1ccc(F)cc1)Cc1cccs1. The molecule has 1 aliphatic carbocycles. The van der Waals surface area contributed by atoms with Gasteiger partial charge in [-0.2, -0.15) is 0 Å². The number of anilines is 1. The molecule has 1 N–H and O–H groups in total. The Bertz CT molecular complexity index is 1120. The van der Waals surface area contributed by atoms with Gasteiger partial charge in [-0.1, -0.05) is 41.4 Å². The summed E-state index contributed by atoms with van der Waals surface area (Å²) in [5.41, 5.74) is 1.33. The number of thiophene rings is 1. The summed E-state index contributed by atoms with van der Waals surface area (Å²) in [5, 5.41) is 5.50. The molecule has 9 heteroatoms. The second kappa shape index (κ2) is 10.5. The molecule has 3 aromatic rings. The molecule has 0 saturated heterocycles. The number of carbonyl (C=O) groups excluding carboxylic acids is 2. The lowest BCUT2D eigenvalue weighted by atomic mass is 10.2. The van der Waals surface area contributed by atoms with Gasteiger partial charge in [0.15, 0.2) is 0 Å². The number of hydrogen-bond acceptors (Lipinski definition) is 3. The first-order valence-electron chi connectivity index (χ1n) is 10.5. The van der Waals surface area contributed by atoms with Crippen LogP contribution in [0.25, 0.3) is 0 Å². The number of halogens is 3. The van der Waals surface area contributed by atoms with Gasteiger partial charge in [-0.15, -0.1) is 11.3 Å². The van der Waals surface area contributed by atoms with E-state index in [0.717, 1.165) is 23.3 Å². The average molecular weight is 506 g/mol. The number of benzene rings is 2. The summed E-state index contributed by atoms with van der Waals surface area (Å²) in [6.07, 6.45) is 1.70. The van der Waals surface area contributed by atoms with E-state index in [1.54, 1.807) is 51.5 Å². The highest BCUT2D eigenvalue weighted by Gasteiger charge is 2.35. The highest BCUT2D eigenvalue weighted by molar-refractivity contribution is 7.09. The molecular weight excluding hydrogens is 484 g/mol. The summed E-state index contributed by atoms with van der Waals surface area (Å²) in [6, 6.07) is 14.5. The lowest BCUT2D eigenvalue weighted by molar-refractivity contribution is -0.133. The van der Waals surface area contributed by atoms with Crippen LogP contribution < -0.4 is 5.32 Å². The van der Waals surface area contributed by atoms with Crippen LogP contribution in [0.5, 0.6) is 0 Å². The lowest BCUT2D eigenvalue weighted by Gasteiger charge is -2.28. The van der Waals surface area contributed by atoms with Gasteiger partial charge in [0.2, 0.25) is 5.91 Å². The summed E-state index contributed by atoms with van der Waals surface area (Å²) in [4.78, 5) is 30.6. The van der Waals surface area contributed by atoms with E-state index in [1.165, 1.54) is 12.1 Å². The second-order valence-electron chi connectivity index (χ2n) is 7.87. The van der Waals surface area contributed by atoms with Gasteiger partial charge in [0, 0.05) is 23.2 Å². The summed E-state index contributed by atoms with van der Waals surface area (Å²) < 4.78 is 13.3. The van der Waals surface area contributed by atoms with E-state index in [-0.39, 0.29) is 30.3 Å². The minimum atomic E-state index is -0.359. The van der Waals surface area contributed by atoms with E-state index in [4.69, 9.17) is 23.2 Å². The maximum absolute atomic E-state index is 13.3. The Morgan fingerprint density at radius 3 is 2.42 bits per heavy atom. The first kappa shape index (κ1) is 23.5. The molecule has 4 rings (SSSR count). The fraction of sp³-hybridized carbons (Fsp3) is 0.250. The Hall–Kier alpha value is -2.61. The number of carbonyl (C=O) groups is 2. The van der Waals surface area contributed by atoms with Crippen LogP contribution in [0, 0.1) is 5.82 Å². The highest BCUT2D eigenvalue weighted by atomic mass is 35.5. The maximum atomic E-state index is 13.3. The molecule has 3 amide bonds. The van der Waals surface area contributed by atoms with E-state index in [9.17, 15) is 14.0 Å². The third-order valence-electron chi connectivity index (χ3n) is 5.29. The Morgan fingerprint density at radius 1 is 1.03 bits per heavy atom. The predicted octanol–water partition coefficient (Wildman–Crippen LogP) is 6.42. The molecule has 172 valence electrons. The number of hydrogen-bond donors (Lipinski definition) is 1. The Balaban J connectivity index is 1.48. The van der Waals surface area contributed by atoms with Gasteiger partial charge in [-0.3, -0.25) is 4.79 Å². The quantitative estimate of drug-likeness (QED) is 0.384. The lowest BCUT2D eigenvalue weighted by Crippen LogP contribution is -2.45. The molecule has 1 saturated carbocycles. The van der Waals surface area contributed by atoms with Crippen LogP contribution >= 0.6 is 34.5 Å². The molecule has 1 aromatic heterocycles. The molecule has 0 aliphatic heterocycles. The van der Waals surface area contributed by atoms with Crippen molar-refractivity contribution in [1.82, 2.24) is 9.80 Å². The molecule has 5 nitrogen and oxygen atoms in total. The summed E-state index contributed by atoms with van der Waals surface area (Å²) >= 11 is 13.6. The van der Waals surface area contributed by atoms with Crippen LogP contribution in [0.15, 0.2) is 60.0 Å². The van der Waals surface area contributed by atoms with Crippen molar-refractivity contribution in [3.63, 3.8) is 0 Å². The molecule has 0 radical (unpaired) electrons. The maximum Gasteiger partial charge on any atom is 0.322 e. The Kier molecular flexibility index (Phi) is 7.53. The zero-order chi connectivity index (χ0) is 23.4. The van der Waals surface area contributed by atoms with E-state index in [2.05, 4.69) is 5.32 Å². The number of amides is 3. The highest BCUT2D eigenvalue weighted by Crippen LogP contribution is 2.29. The molecule has 33 heavy (non-hydrogen) atoms. The summed E-state index contributed by atoms with van der Waals surface area (Å²) in [5.74, 6) is -0.502. The van der Waals surface area contributed by atoms with Gasteiger partial charge >= 0.3 is 6.03 Å². The number of rotatable bonds is 8. The summed E-state index contributed by atoms with van der Waals surface area (Å²) in [6.45, 7) is 0.690. The fourth-order valence-corrected chi connectivity index (χ4v) is 4.42. The molecule has 1 fully saturated rings. The fourth-order valence-electron chi connectivity index (χ4n) is 3.40. The van der Waals surface area contributed by atoms with Gasteiger partial charge in [0.05, 0.1) is 16.6 Å². The molecule has 1 aliphatic rings. The van der Waals surface area contributed by atoms with E-state index >= 15 is 0 Å². The zero-order valence-corrected chi connectivity index (χ0v) is 20.0. The van der Waals surface area contributed by atoms with Gasteiger partial charge in [0.1, 0.15) is 12.4 Å². The van der Waals surface area contributed by atoms with E-state index < -0.39 is 0 Å². The van der Waals surface area contributed by atoms with Crippen molar-refractivity contribution in [1.29, 1.82) is 0 Å². The second-order valence-corrected chi connectivity index (χ2v) is 9.72. The van der Waals surface area contributed by atoms with Gasteiger partial charge in [-0.25, -0.2) is 9.18 Å². The predicted molar refractivity (Wildman–Crippen MR) is 130 cm³/mol. The first-order chi connectivity index (χ1) is 15.9. The third kappa shape index (κ3) is 6.47. The molecule has 0 bridgehead atoms. The summed E-state index contributed by atoms with van der Waals surface area (Å²) in [7, 11) is 0. The van der Waals surface area contributed by atoms with E-state index in [0.29, 0.717) is 28.8 Å². The minimum absolute atomic E-state index is 0.0196. The molecule has 1 heterocycles. The van der Waals surface area contributed by atoms with Crippen LogP contribution in [0.2, 0.25) is 10.0 Å². The topological polar surface area (TPSA) is 52.7 Å². The van der Waals surface area contributed by atoms with Crippen molar-refractivity contribution in [2.45, 2.75) is 32.0 Å². The van der Waals surface area contributed by atoms with Crippen molar-refractivity contribution < 1.29 is 14.0 Å². The van der Waals surface area contributed by atoms with Crippen molar-refractivity contribution in [3.8, 4) is 0 Å². The van der Waals surface area contributed by atoms with Crippen LogP contribution in [0.4, 0.5) is 14.9 Å². The van der Waals surface area contributed by atoms with Gasteiger partial charge < -0.3 is 15.1 Å². The normalized spacial score (nSPS) is 12.9. The standard InChI is InChI=1S/C24H22Cl2FN3O2S/c25-21-10-7-18(12-22(21)26)28-24(32)30(19-8-9-19)15-23(31)29(14-20-2-1-11-33-20)13-16-3-5-17(27)6-4-16/h1-7,10-12,19H,8-9,13-15H2,(H,28,32). The van der Waals surface area contributed by atoms with Crippen LogP contribution in [0.1, 0.15) is 23.3 Å². The first-order valence-corrected chi connectivity index (χ1v) is 12.1. The number of nitrogens with zero attached hydrogens (tertiary/aromatic N) is 2. The Labute approximate surface area is 205 Å². The van der Waals surface area contributed by atoms with Gasteiger partial charge in [0.25, 0.3) is 0 Å². The molecule has 0 spiro atoms. The van der Waals surface area contributed by atoms with E-state index in [1.807, 2.05) is 17.5 Å². The number of nitrogens with one attached hydrogen (secondary N) is 1. The van der Waals surface area contributed by atoms with Crippen molar-refractivity contribution in [2.75, 3.05) is 11.9 Å². The van der Waals surface area contributed by atoms with Crippen molar-refractivity contribution in [2.24, 2.45) is 0 Å². The van der Waals surface area contributed by atoms with Gasteiger partial charge in [-0.05, 0) is 60.2 Å². The molecule has 0 unspecified atom stereocenters. The zero-order valence-electron chi connectivity index (χ0n) is 17.6. The number of urea groups is 1. The third-order valence-corrected chi connectivity index (χ3v) is 6.89. The van der Waals surface area contributed by atoms with Crippen LogP contribution in [0.3, 0.4) is 0 Å². The van der Waals surface area contributed by atoms with Crippen molar-refractivity contribution in [3.05, 3.63) is 86.3 Å². The molecule has 0 atom stereocenters.